The van der Waals surface area contributed by atoms with Gasteiger partial charge in [0.2, 0.25) is 0 Å². The van der Waals surface area contributed by atoms with Crippen LogP contribution < -0.4 is 5.73 Å². The first-order valence-electron chi connectivity index (χ1n) is 3.64. The molecule has 1 heterocycles. The molecule has 0 bridgehead atoms. The van der Waals surface area contributed by atoms with Crippen molar-refractivity contribution in [3.8, 4) is 0 Å². The van der Waals surface area contributed by atoms with Crippen molar-refractivity contribution in [2.24, 2.45) is 5.73 Å². The van der Waals surface area contributed by atoms with E-state index in [2.05, 4.69) is 12.6 Å². The van der Waals surface area contributed by atoms with Crippen LogP contribution in [0.1, 0.15) is 0 Å². The van der Waals surface area contributed by atoms with Gasteiger partial charge in [-0.1, -0.05) is 0 Å². The molecule has 12 heavy (non-hydrogen) atoms. The van der Waals surface area contributed by atoms with Crippen LogP contribution in [0.25, 0.3) is 0 Å². The minimum absolute atomic E-state index is 0.359. The molecular formula is C6H13NO4S. The molecule has 72 valence electrons. The Hall–Kier alpha value is 0.150. The fourth-order valence-electron chi connectivity index (χ4n) is 1.12. The molecule has 0 aromatic rings. The van der Waals surface area contributed by atoms with E-state index in [1.54, 1.807) is 0 Å². The summed E-state index contributed by atoms with van der Waals surface area (Å²) in [7, 11) is 0. The van der Waals surface area contributed by atoms with Crippen molar-refractivity contribution in [3.05, 3.63) is 0 Å². The molecule has 1 unspecified atom stereocenters. The summed E-state index contributed by atoms with van der Waals surface area (Å²) in [5.74, 6) is 0. The number of rotatable bonds is 1. The number of thiol groups is 1. The standard InChI is InChI=1S/C6H13NO4S/c7-3-5(12)4(9)2(1-8)11-6(3)10/h2-6,8-10,12H,1,7H2/t2-,3-,4+,5-,6?/m1/s1. The van der Waals surface area contributed by atoms with Crippen LogP contribution in [0.4, 0.5) is 0 Å². The normalized spacial score (nSPS) is 49.2. The van der Waals surface area contributed by atoms with Crippen molar-refractivity contribution in [1.82, 2.24) is 0 Å². The molecule has 1 saturated heterocycles. The minimum atomic E-state index is -1.17. The van der Waals surface area contributed by atoms with E-state index in [4.69, 9.17) is 20.7 Å². The number of aliphatic hydroxyl groups excluding tert-OH is 3. The Morgan fingerprint density at radius 3 is 2.50 bits per heavy atom. The lowest BCUT2D eigenvalue weighted by molar-refractivity contribution is -0.213. The lowest BCUT2D eigenvalue weighted by Crippen LogP contribution is -2.59. The second-order valence-electron chi connectivity index (χ2n) is 2.81. The van der Waals surface area contributed by atoms with E-state index in [0.717, 1.165) is 0 Å². The first-order valence-corrected chi connectivity index (χ1v) is 4.15. The summed E-state index contributed by atoms with van der Waals surface area (Å²) in [4.78, 5) is 0. The van der Waals surface area contributed by atoms with E-state index < -0.39 is 29.8 Å². The van der Waals surface area contributed by atoms with Gasteiger partial charge in [-0.15, -0.1) is 0 Å². The van der Waals surface area contributed by atoms with E-state index in [-0.39, 0.29) is 6.61 Å². The second-order valence-corrected chi connectivity index (χ2v) is 3.40. The van der Waals surface area contributed by atoms with E-state index >= 15 is 0 Å². The van der Waals surface area contributed by atoms with Crippen LogP contribution in [-0.2, 0) is 4.74 Å². The maximum Gasteiger partial charge on any atom is 0.171 e. The Bertz CT molecular complexity index is 154. The zero-order chi connectivity index (χ0) is 9.30. The molecule has 0 amide bonds. The van der Waals surface area contributed by atoms with Gasteiger partial charge in [-0.05, 0) is 0 Å². The minimum Gasteiger partial charge on any atom is -0.394 e. The van der Waals surface area contributed by atoms with Gasteiger partial charge in [0.25, 0.3) is 0 Å². The Kier molecular flexibility index (Phi) is 3.33. The Balaban J connectivity index is 2.63. The average molecular weight is 195 g/mol. The fraction of sp³-hybridized carbons (Fsp3) is 1.00. The molecule has 0 aromatic heterocycles. The molecule has 5 atom stereocenters. The van der Waals surface area contributed by atoms with Crippen LogP contribution in [0.5, 0.6) is 0 Å². The molecule has 5 N–H and O–H groups in total. The van der Waals surface area contributed by atoms with Crippen LogP contribution in [0.2, 0.25) is 0 Å². The van der Waals surface area contributed by atoms with Crippen molar-refractivity contribution >= 4 is 12.6 Å². The van der Waals surface area contributed by atoms with E-state index in [9.17, 15) is 5.11 Å². The molecule has 0 aromatic carbocycles. The number of hydrogen-bond donors (Lipinski definition) is 5. The summed E-state index contributed by atoms with van der Waals surface area (Å²) in [6.45, 7) is -0.359. The van der Waals surface area contributed by atoms with Gasteiger partial charge < -0.3 is 25.8 Å². The molecule has 1 aliphatic rings. The largest absolute Gasteiger partial charge is 0.394 e. The van der Waals surface area contributed by atoms with Crippen LogP contribution in [0.15, 0.2) is 0 Å². The van der Waals surface area contributed by atoms with Gasteiger partial charge in [0.1, 0.15) is 6.10 Å². The van der Waals surface area contributed by atoms with Crippen molar-refractivity contribution in [2.75, 3.05) is 6.61 Å². The van der Waals surface area contributed by atoms with E-state index in [0.29, 0.717) is 0 Å². The van der Waals surface area contributed by atoms with Crippen LogP contribution in [0, 0.1) is 0 Å². The predicted molar refractivity (Wildman–Crippen MR) is 44.7 cm³/mol. The number of hydrogen-bond acceptors (Lipinski definition) is 6. The van der Waals surface area contributed by atoms with Crippen LogP contribution in [0.3, 0.4) is 0 Å². The molecule has 6 heteroatoms. The highest BCUT2D eigenvalue weighted by Gasteiger charge is 2.40. The quantitative estimate of drug-likeness (QED) is 0.303. The topological polar surface area (TPSA) is 95.9 Å². The summed E-state index contributed by atoms with van der Waals surface area (Å²) in [5.41, 5.74) is 5.44. The predicted octanol–water partition coefficient (Wildman–Crippen LogP) is -2.32. The highest BCUT2D eigenvalue weighted by molar-refractivity contribution is 7.81. The molecule has 0 saturated carbocycles. The Morgan fingerprint density at radius 2 is 2.00 bits per heavy atom. The zero-order valence-electron chi connectivity index (χ0n) is 6.37. The third kappa shape index (κ3) is 1.73. The molecule has 1 fully saturated rings. The van der Waals surface area contributed by atoms with Crippen molar-refractivity contribution in [1.29, 1.82) is 0 Å². The smallest absolute Gasteiger partial charge is 0.171 e. The summed E-state index contributed by atoms with van der Waals surface area (Å²) >= 11 is 4.00. The van der Waals surface area contributed by atoms with E-state index in [1.165, 1.54) is 0 Å². The number of aliphatic hydroxyl groups is 3. The fourth-order valence-corrected chi connectivity index (χ4v) is 1.46. The first kappa shape index (κ1) is 10.2. The average Bonchev–Trinajstić information content (AvgIpc) is 2.08. The monoisotopic (exact) mass is 195 g/mol. The highest BCUT2D eigenvalue weighted by atomic mass is 32.1. The molecule has 1 aliphatic heterocycles. The SMILES string of the molecule is N[C@H]1C(O)O[C@H](CO)[C@H](O)[C@@H]1S. The summed E-state index contributed by atoms with van der Waals surface area (Å²) in [6, 6.07) is -0.730. The van der Waals surface area contributed by atoms with Crippen molar-refractivity contribution < 1.29 is 20.1 Å². The lowest BCUT2D eigenvalue weighted by Gasteiger charge is -2.38. The molecule has 1 rings (SSSR count). The van der Waals surface area contributed by atoms with Gasteiger partial charge in [0.15, 0.2) is 6.29 Å². The highest BCUT2D eigenvalue weighted by Crippen LogP contribution is 2.21. The Morgan fingerprint density at radius 1 is 1.42 bits per heavy atom. The maximum absolute atomic E-state index is 9.37. The first-order chi connectivity index (χ1) is 5.57. The maximum atomic E-state index is 9.37. The summed E-state index contributed by atoms with van der Waals surface area (Å²) < 4.78 is 4.81. The number of nitrogens with two attached hydrogens (primary N) is 1. The van der Waals surface area contributed by atoms with Gasteiger partial charge in [-0.2, -0.15) is 12.6 Å². The van der Waals surface area contributed by atoms with Crippen molar-refractivity contribution in [2.45, 2.75) is 29.8 Å². The molecule has 0 spiro atoms. The van der Waals surface area contributed by atoms with Gasteiger partial charge in [-0.25, -0.2) is 0 Å². The molecular weight excluding hydrogens is 182 g/mol. The molecule has 0 radical (unpaired) electrons. The van der Waals surface area contributed by atoms with E-state index in [1.807, 2.05) is 0 Å². The Labute approximate surface area is 75.5 Å². The summed E-state index contributed by atoms with van der Waals surface area (Å²) in [6.07, 6.45) is -2.92. The van der Waals surface area contributed by atoms with Crippen molar-refractivity contribution in [3.63, 3.8) is 0 Å². The third-order valence-electron chi connectivity index (χ3n) is 1.95. The lowest BCUT2D eigenvalue weighted by atomic mass is 10.0. The van der Waals surface area contributed by atoms with Gasteiger partial charge in [0, 0.05) is 0 Å². The molecule has 0 aliphatic carbocycles. The van der Waals surface area contributed by atoms with Gasteiger partial charge >= 0.3 is 0 Å². The second kappa shape index (κ2) is 3.91. The molecule has 5 nitrogen and oxygen atoms in total. The van der Waals surface area contributed by atoms with Gasteiger partial charge in [-0.3, -0.25) is 0 Å². The van der Waals surface area contributed by atoms with Crippen LogP contribution >= 0.6 is 12.6 Å². The third-order valence-corrected chi connectivity index (χ3v) is 2.60. The zero-order valence-corrected chi connectivity index (χ0v) is 7.26. The van der Waals surface area contributed by atoms with Gasteiger partial charge in [0.05, 0.1) is 24.0 Å². The number of ether oxygens (including phenoxy) is 1. The van der Waals surface area contributed by atoms with Crippen LogP contribution in [-0.4, -0.2) is 51.7 Å². The summed E-state index contributed by atoms with van der Waals surface area (Å²) in [5, 5.41) is 26.7.